The summed E-state index contributed by atoms with van der Waals surface area (Å²) in [5.74, 6) is -1.09. The van der Waals surface area contributed by atoms with E-state index in [1.54, 1.807) is 0 Å². The highest BCUT2D eigenvalue weighted by Crippen LogP contribution is 2.26. The number of allylic oxidation sites excluding steroid dienone is 16. The summed E-state index contributed by atoms with van der Waals surface area (Å²) in [5, 5.41) is 72.1. The number of unbranched alkanes of at least 4 members (excludes halogenated alkanes) is 10. The molecule has 0 bridgehead atoms. The van der Waals surface area contributed by atoms with Gasteiger partial charge in [0.15, 0.2) is 18.7 Å². The second-order valence-corrected chi connectivity index (χ2v) is 18.3. The van der Waals surface area contributed by atoms with Gasteiger partial charge in [-0.3, -0.25) is 9.59 Å². The van der Waals surface area contributed by atoms with Crippen LogP contribution in [0.2, 0.25) is 0 Å². The van der Waals surface area contributed by atoms with E-state index in [4.69, 9.17) is 28.4 Å². The van der Waals surface area contributed by atoms with Crippen LogP contribution in [-0.4, -0.2) is 142 Å². The van der Waals surface area contributed by atoms with Crippen LogP contribution in [0, 0.1) is 0 Å². The quantitative estimate of drug-likeness (QED) is 0.0174. The lowest BCUT2D eigenvalue weighted by atomic mass is 9.98. The van der Waals surface area contributed by atoms with Crippen LogP contribution in [0.4, 0.5) is 0 Å². The molecule has 410 valence electrons. The van der Waals surface area contributed by atoms with Crippen LogP contribution in [0.3, 0.4) is 0 Å². The zero-order valence-corrected chi connectivity index (χ0v) is 43.4. The molecule has 0 radical (unpaired) electrons. The van der Waals surface area contributed by atoms with E-state index in [-0.39, 0.29) is 19.4 Å². The van der Waals surface area contributed by atoms with Gasteiger partial charge in [0.2, 0.25) is 0 Å². The number of aliphatic hydroxyl groups is 7. The van der Waals surface area contributed by atoms with Crippen molar-refractivity contribution >= 4 is 11.9 Å². The highest BCUT2D eigenvalue weighted by molar-refractivity contribution is 5.70. The van der Waals surface area contributed by atoms with E-state index in [1.807, 2.05) is 24.3 Å². The first-order chi connectivity index (χ1) is 35.0. The Balaban J connectivity index is 1.86. The lowest BCUT2D eigenvalue weighted by Crippen LogP contribution is -2.61. The van der Waals surface area contributed by atoms with E-state index in [1.165, 1.54) is 57.8 Å². The molecule has 15 nitrogen and oxygen atoms in total. The van der Waals surface area contributed by atoms with E-state index in [9.17, 15) is 45.3 Å². The molecule has 2 fully saturated rings. The van der Waals surface area contributed by atoms with Gasteiger partial charge in [0.05, 0.1) is 19.8 Å². The van der Waals surface area contributed by atoms with Crippen LogP contribution in [0.15, 0.2) is 97.2 Å². The van der Waals surface area contributed by atoms with Crippen molar-refractivity contribution < 1.29 is 73.8 Å². The van der Waals surface area contributed by atoms with Crippen LogP contribution in [0.1, 0.15) is 155 Å². The van der Waals surface area contributed by atoms with Gasteiger partial charge >= 0.3 is 11.9 Å². The fraction of sp³-hybridized carbons (Fsp3) is 0.684. The molecular formula is C57H92O15. The summed E-state index contributed by atoms with van der Waals surface area (Å²) in [4.78, 5) is 25.7. The van der Waals surface area contributed by atoms with Gasteiger partial charge in [-0.1, -0.05) is 156 Å². The molecule has 0 aromatic rings. The van der Waals surface area contributed by atoms with Crippen molar-refractivity contribution in [2.24, 2.45) is 0 Å². The van der Waals surface area contributed by atoms with Crippen LogP contribution in [-0.2, 0) is 38.0 Å². The average Bonchev–Trinajstić information content (AvgIpc) is 3.37. The van der Waals surface area contributed by atoms with E-state index in [0.29, 0.717) is 25.7 Å². The van der Waals surface area contributed by atoms with Crippen molar-refractivity contribution in [2.75, 3.05) is 26.4 Å². The van der Waals surface area contributed by atoms with Crippen LogP contribution in [0.5, 0.6) is 0 Å². The minimum absolute atomic E-state index is 0.0725. The number of aliphatic hydroxyl groups excluding tert-OH is 7. The number of hydrogen-bond donors (Lipinski definition) is 7. The Hall–Kier alpha value is -3.58. The van der Waals surface area contributed by atoms with Gasteiger partial charge in [0.1, 0.15) is 55.4 Å². The lowest BCUT2D eigenvalue weighted by Gasteiger charge is -2.42. The number of rotatable bonds is 40. The van der Waals surface area contributed by atoms with E-state index >= 15 is 0 Å². The Bertz CT molecular complexity index is 1620. The summed E-state index contributed by atoms with van der Waals surface area (Å²) in [6, 6.07) is 0. The van der Waals surface area contributed by atoms with E-state index in [2.05, 4.69) is 86.8 Å². The SMILES string of the molecule is CCCCC/C=C/C/C=C/C/C=C/C/C=C/C/C=C/CCC(=O)OC[C@@H](CO[C@@H]1O[C@H](CO[C@@H]2O[C@H](CO)[C@H](O)C(O)C2O)[C@H](O)C(O)C1O)OC(=O)CCC/C=C/C/C=C/C/C=C/CCCCCCCC. The van der Waals surface area contributed by atoms with Gasteiger partial charge in [0.25, 0.3) is 0 Å². The molecule has 0 saturated carbocycles. The third-order valence-electron chi connectivity index (χ3n) is 12.0. The van der Waals surface area contributed by atoms with Crippen LogP contribution < -0.4 is 0 Å². The maximum Gasteiger partial charge on any atom is 0.306 e. The minimum Gasteiger partial charge on any atom is -0.462 e. The van der Waals surface area contributed by atoms with E-state index < -0.39 is 99.3 Å². The van der Waals surface area contributed by atoms with Crippen molar-refractivity contribution in [1.82, 2.24) is 0 Å². The molecule has 72 heavy (non-hydrogen) atoms. The smallest absolute Gasteiger partial charge is 0.306 e. The summed E-state index contributed by atoms with van der Waals surface area (Å²) in [6.07, 6.45) is 37.4. The fourth-order valence-electron chi connectivity index (χ4n) is 7.63. The first kappa shape index (κ1) is 64.5. The first-order valence-electron chi connectivity index (χ1n) is 26.8. The highest BCUT2D eigenvalue weighted by atomic mass is 16.7. The number of ether oxygens (including phenoxy) is 6. The molecule has 2 heterocycles. The van der Waals surface area contributed by atoms with Crippen LogP contribution in [0.25, 0.3) is 0 Å². The normalized spacial score (nSPS) is 25.8. The zero-order valence-electron chi connectivity index (χ0n) is 43.4. The Morgan fingerprint density at radius 3 is 1.39 bits per heavy atom. The largest absolute Gasteiger partial charge is 0.462 e. The highest BCUT2D eigenvalue weighted by Gasteiger charge is 2.47. The Labute approximate surface area is 430 Å². The monoisotopic (exact) mass is 1020 g/mol. The number of carbonyl (C=O) groups is 2. The molecule has 0 aromatic carbocycles. The lowest BCUT2D eigenvalue weighted by molar-refractivity contribution is -0.332. The maximum absolute atomic E-state index is 13.0. The molecule has 7 N–H and O–H groups in total. The van der Waals surface area contributed by atoms with E-state index in [0.717, 1.165) is 44.9 Å². The second kappa shape index (κ2) is 42.7. The predicted octanol–water partition coefficient (Wildman–Crippen LogP) is 8.15. The van der Waals surface area contributed by atoms with Crippen molar-refractivity contribution in [3.63, 3.8) is 0 Å². The van der Waals surface area contributed by atoms with Gasteiger partial charge in [-0.25, -0.2) is 0 Å². The zero-order chi connectivity index (χ0) is 52.4. The molecular weight excluding hydrogens is 925 g/mol. The molecule has 2 aliphatic heterocycles. The summed E-state index contributed by atoms with van der Waals surface area (Å²) in [6.45, 7) is 2.41. The molecule has 15 heteroatoms. The Morgan fingerprint density at radius 2 is 0.861 bits per heavy atom. The van der Waals surface area contributed by atoms with Gasteiger partial charge < -0.3 is 64.2 Å². The fourth-order valence-corrected chi connectivity index (χ4v) is 7.63. The molecule has 0 amide bonds. The summed E-state index contributed by atoms with van der Waals surface area (Å²) < 4.78 is 33.4. The van der Waals surface area contributed by atoms with Gasteiger partial charge in [0, 0.05) is 12.8 Å². The van der Waals surface area contributed by atoms with Crippen molar-refractivity contribution in [3.8, 4) is 0 Å². The summed E-state index contributed by atoms with van der Waals surface area (Å²) >= 11 is 0. The number of hydrogen-bond acceptors (Lipinski definition) is 15. The minimum atomic E-state index is -1.79. The third-order valence-corrected chi connectivity index (χ3v) is 12.0. The standard InChI is InChI=1S/C57H92O15/c1-3-5-7-9-11-13-15-17-19-21-22-24-25-27-29-31-33-35-37-39-48(59)67-42-45(70-49(60)40-38-36-34-32-30-28-26-23-20-18-16-14-12-10-8-6-4-2)43-68-56-55(66)53(64)51(62)47(72-56)44-69-57-54(65)52(63)50(61)46(41-58)71-57/h11,13,17-20,22,24,26-29,32-35,45-47,50-58,61-66H,3-10,12,14-16,21,23,25,30-31,36-44H2,1-2H3/b13-11+,19-17+,20-18+,24-22+,28-26+,29-27+,34-32+,35-33+/t45-,46+,47+,50-,51-,52?,53?,54?,55?,56+,57+/m0/s1. The molecule has 4 unspecified atom stereocenters. The van der Waals surface area contributed by atoms with Gasteiger partial charge in [-0.05, 0) is 83.5 Å². The molecule has 0 aromatic heterocycles. The number of esters is 2. The Kier molecular flexibility index (Phi) is 38.3. The summed E-state index contributed by atoms with van der Waals surface area (Å²) in [7, 11) is 0. The van der Waals surface area contributed by atoms with Gasteiger partial charge in [-0.2, -0.15) is 0 Å². The molecule has 11 atom stereocenters. The molecule has 0 aliphatic carbocycles. The first-order valence-corrected chi connectivity index (χ1v) is 26.8. The molecule has 0 spiro atoms. The third kappa shape index (κ3) is 30.0. The predicted molar refractivity (Wildman–Crippen MR) is 279 cm³/mol. The van der Waals surface area contributed by atoms with Gasteiger partial charge in [-0.15, -0.1) is 0 Å². The molecule has 2 saturated heterocycles. The second-order valence-electron chi connectivity index (χ2n) is 18.3. The maximum atomic E-state index is 13.0. The van der Waals surface area contributed by atoms with Crippen LogP contribution >= 0.6 is 0 Å². The molecule has 2 aliphatic rings. The Morgan fingerprint density at radius 1 is 0.444 bits per heavy atom. The van der Waals surface area contributed by atoms with Crippen molar-refractivity contribution in [2.45, 2.75) is 223 Å². The molecule has 2 rings (SSSR count). The number of carbonyl (C=O) groups excluding carboxylic acids is 2. The van der Waals surface area contributed by atoms with Crippen molar-refractivity contribution in [1.29, 1.82) is 0 Å². The average molecular weight is 1020 g/mol. The summed E-state index contributed by atoms with van der Waals surface area (Å²) in [5.41, 5.74) is 0. The van der Waals surface area contributed by atoms with Crippen molar-refractivity contribution in [3.05, 3.63) is 97.2 Å². The topological polar surface area (TPSA) is 231 Å².